The normalized spacial score (nSPS) is 10.3. The van der Waals surface area contributed by atoms with Crippen LogP contribution in [0.25, 0.3) is 6.08 Å². The van der Waals surface area contributed by atoms with E-state index in [0.29, 0.717) is 5.69 Å². The SMILES string of the molecule is O=[C]CN(NC(=O)Cc1ccccn1)C(=O)C=Cc1ccccc1. The van der Waals surface area contributed by atoms with Crippen molar-refractivity contribution >= 4 is 24.2 Å². The molecule has 6 nitrogen and oxygen atoms in total. The number of aromatic nitrogens is 1. The van der Waals surface area contributed by atoms with Crippen molar-refractivity contribution in [2.24, 2.45) is 0 Å². The standard InChI is InChI=1S/C18H16N3O3/c22-13-12-21(18(24)10-9-15-6-2-1-3-7-15)20-17(23)14-16-8-4-5-11-19-16/h1-11H,12,14H2,(H,20,23). The first-order valence-electron chi connectivity index (χ1n) is 7.28. The number of pyridine rings is 1. The van der Waals surface area contributed by atoms with Crippen molar-refractivity contribution in [1.29, 1.82) is 0 Å². The molecule has 1 aromatic heterocycles. The van der Waals surface area contributed by atoms with E-state index in [4.69, 9.17) is 0 Å². The second-order valence-corrected chi connectivity index (χ2v) is 4.85. The Morgan fingerprint density at radius 1 is 1.12 bits per heavy atom. The zero-order valence-corrected chi connectivity index (χ0v) is 12.9. The predicted molar refractivity (Wildman–Crippen MR) is 89.0 cm³/mol. The third kappa shape index (κ3) is 5.49. The average molecular weight is 322 g/mol. The molecule has 0 saturated carbocycles. The number of nitrogens with one attached hydrogen (secondary N) is 1. The van der Waals surface area contributed by atoms with Gasteiger partial charge in [-0.25, -0.2) is 5.01 Å². The zero-order valence-electron chi connectivity index (χ0n) is 12.9. The van der Waals surface area contributed by atoms with Crippen LogP contribution < -0.4 is 5.43 Å². The van der Waals surface area contributed by atoms with Gasteiger partial charge in [0.2, 0.25) is 12.2 Å². The van der Waals surface area contributed by atoms with Gasteiger partial charge in [-0.15, -0.1) is 0 Å². The summed E-state index contributed by atoms with van der Waals surface area (Å²) >= 11 is 0. The fourth-order valence-corrected chi connectivity index (χ4v) is 1.92. The van der Waals surface area contributed by atoms with E-state index in [1.807, 2.05) is 30.3 Å². The lowest BCUT2D eigenvalue weighted by Crippen LogP contribution is -2.47. The Hall–Kier alpha value is -3.28. The molecular weight excluding hydrogens is 306 g/mol. The van der Waals surface area contributed by atoms with Gasteiger partial charge in [-0.05, 0) is 23.8 Å². The van der Waals surface area contributed by atoms with Gasteiger partial charge in [0.05, 0.1) is 6.42 Å². The summed E-state index contributed by atoms with van der Waals surface area (Å²) in [7, 11) is 0. The van der Waals surface area contributed by atoms with Gasteiger partial charge in [-0.1, -0.05) is 36.4 Å². The molecule has 1 aromatic carbocycles. The number of nitrogens with zero attached hydrogens (tertiary/aromatic N) is 2. The largest absolute Gasteiger partial charge is 0.289 e. The summed E-state index contributed by atoms with van der Waals surface area (Å²) in [5.74, 6) is -0.956. The van der Waals surface area contributed by atoms with Crippen molar-refractivity contribution in [1.82, 2.24) is 15.4 Å². The highest BCUT2D eigenvalue weighted by molar-refractivity contribution is 5.94. The Bertz CT molecular complexity index is 715. The van der Waals surface area contributed by atoms with E-state index in [-0.39, 0.29) is 13.0 Å². The van der Waals surface area contributed by atoms with Gasteiger partial charge in [-0.3, -0.25) is 24.8 Å². The molecule has 0 bridgehead atoms. The number of carbonyl (C=O) groups is 2. The maximum Gasteiger partial charge on any atom is 0.265 e. The molecule has 0 spiro atoms. The molecule has 2 amide bonds. The molecule has 0 aliphatic carbocycles. The number of hydrogen-bond donors (Lipinski definition) is 1. The van der Waals surface area contributed by atoms with Crippen LogP contribution in [0.2, 0.25) is 0 Å². The van der Waals surface area contributed by atoms with Crippen molar-refractivity contribution in [3.63, 3.8) is 0 Å². The van der Waals surface area contributed by atoms with E-state index < -0.39 is 11.8 Å². The third-order valence-electron chi connectivity index (χ3n) is 3.03. The quantitative estimate of drug-likeness (QED) is 0.642. The Morgan fingerprint density at radius 3 is 2.54 bits per heavy atom. The first-order chi connectivity index (χ1) is 11.7. The summed E-state index contributed by atoms with van der Waals surface area (Å²) in [5, 5.41) is 0.914. The molecule has 1 N–H and O–H groups in total. The van der Waals surface area contributed by atoms with Crippen LogP contribution in [0.3, 0.4) is 0 Å². The molecule has 0 unspecified atom stereocenters. The van der Waals surface area contributed by atoms with Crippen molar-refractivity contribution in [2.45, 2.75) is 6.42 Å². The summed E-state index contributed by atoms with van der Waals surface area (Å²) in [4.78, 5) is 38.8. The molecule has 1 heterocycles. The Morgan fingerprint density at radius 2 is 1.88 bits per heavy atom. The molecule has 121 valence electrons. The molecule has 2 aromatic rings. The van der Waals surface area contributed by atoms with Crippen LogP contribution in [-0.2, 0) is 20.8 Å². The minimum absolute atomic E-state index is 0.00583. The number of hydrogen-bond acceptors (Lipinski definition) is 4. The lowest BCUT2D eigenvalue weighted by Gasteiger charge is -2.19. The van der Waals surface area contributed by atoms with E-state index in [1.54, 1.807) is 36.8 Å². The maximum atomic E-state index is 12.1. The monoisotopic (exact) mass is 322 g/mol. The topological polar surface area (TPSA) is 79.4 Å². The fraction of sp³-hybridized carbons (Fsp3) is 0.111. The minimum Gasteiger partial charge on any atom is -0.289 e. The van der Waals surface area contributed by atoms with Crippen molar-refractivity contribution in [3.05, 3.63) is 72.1 Å². The highest BCUT2D eigenvalue weighted by atomic mass is 16.2. The molecular formula is C18H16N3O3. The van der Waals surface area contributed by atoms with E-state index in [0.717, 1.165) is 10.6 Å². The number of amides is 2. The fourth-order valence-electron chi connectivity index (χ4n) is 1.92. The Labute approximate surface area is 139 Å². The van der Waals surface area contributed by atoms with Crippen molar-refractivity contribution < 1.29 is 14.4 Å². The lowest BCUT2D eigenvalue weighted by atomic mass is 10.2. The van der Waals surface area contributed by atoms with E-state index in [1.165, 1.54) is 6.08 Å². The van der Waals surface area contributed by atoms with Gasteiger partial charge >= 0.3 is 0 Å². The van der Waals surface area contributed by atoms with Gasteiger partial charge in [-0.2, -0.15) is 0 Å². The van der Waals surface area contributed by atoms with Gasteiger partial charge in [0, 0.05) is 18.0 Å². The predicted octanol–water partition coefficient (Wildman–Crippen LogP) is 1.31. The molecule has 2 rings (SSSR count). The van der Waals surface area contributed by atoms with Gasteiger partial charge < -0.3 is 0 Å². The van der Waals surface area contributed by atoms with Crippen LogP contribution in [-0.4, -0.2) is 34.6 Å². The second-order valence-electron chi connectivity index (χ2n) is 4.85. The highest BCUT2D eigenvalue weighted by Gasteiger charge is 2.14. The first kappa shape index (κ1) is 17.1. The third-order valence-corrected chi connectivity index (χ3v) is 3.03. The molecule has 0 fully saturated rings. The minimum atomic E-state index is -0.517. The summed E-state index contributed by atoms with van der Waals surface area (Å²) < 4.78 is 0. The van der Waals surface area contributed by atoms with Crippen LogP contribution >= 0.6 is 0 Å². The van der Waals surface area contributed by atoms with E-state index >= 15 is 0 Å². The van der Waals surface area contributed by atoms with Crippen LogP contribution in [0.15, 0.2) is 60.8 Å². The summed E-state index contributed by atoms with van der Waals surface area (Å²) in [6, 6.07) is 14.4. The smallest absolute Gasteiger partial charge is 0.265 e. The van der Waals surface area contributed by atoms with Gasteiger partial charge in [0.15, 0.2) is 0 Å². The summed E-state index contributed by atoms with van der Waals surface area (Å²) in [5.41, 5.74) is 3.79. The molecule has 6 heteroatoms. The summed E-state index contributed by atoms with van der Waals surface area (Å²) in [6.45, 7) is -0.355. The zero-order chi connectivity index (χ0) is 17.2. The van der Waals surface area contributed by atoms with Gasteiger partial charge in [0.1, 0.15) is 6.54 Å². The molecule has 0 aliphatic heterocycles. The second kappa shape index (κ2) is 8.99. The molecule has 24 heavy (non-hydrogen) atoms. The van der Waals surface area contributed by atoms with Crippen molar-refractivity contribution in [2.75, 3.05) is 6.54 Å². The summed E-state index contributed by atoms with van der Waals surface area (Å²) in [6.07, 6.45) is 6.08. The van der Waals surface area contributed by atoms with Crippen LogP contribution in [0.5, 0.6) is 0 Å². The Kier molecular flexibility index (Phi) is 6.40. The number of carbonyl (C=O) groups excluding carboxylic acids is 3. The van der Waals surface area contributed by atoms with E-state index in [2.05, 4.69) is 10.4 Å². The Balaban J connectivity index is 1.97. The van der Waals surface area contributed by atoms with Crippen LogP contribution in [0, 0.1) is 0 Å². The first-order valence-corrected chi connectivity index (χ1v) is 7.28. The highest BCUT2D eigenvalue weighted by Crippen LogP contribution is 2.02. The number of benzene rings is 1. The number of rotatable bonds is 6. The van der Waals surface area contributed by atoms with E-state index in [9.17, 15) is 14.4 Å². The van der Waals surface area contributed by atoms with Crippen LogP contribution in [0.4, 0.5) is 0 Å². The number of hydrazine groups is 1. The molecule has 1 radical (unpaired) electrons. The van der Waals surface area contributed by atoms with Crippen molar-refractivity contribution in [3.8, 4) is 0 Å². The molecule has 0 aliphatic rings. The maximum absolute atomic E-state index is 12.1. The lowest BCUT2D eigenvalue weighted by molar-refractivity contribution is -0.136. The van der Waals surface area contributed by atoms with Crippen LogP contribution in [0.1, 0.15) is 11.3 Å². The molecule has 0 saturated heterocycles. The molecule has 0 atom stereocenters. The van der Waals surface area contributed by atoms with Gasteiger partial charge in [0.25, 0.3) is 5.91 Å². The average Bonchev–Trinajstić information content (AvgIpc) is 2.61.